The molecule has 1 unspecified atom stereocenters. The second-order valence-corrected chi connectivity index (χ2v) is 10.7. The van der Waals surface area contributed by atoms with Crippen molar-refractivity contribution in [2.45, 2.75) is 51.0 Å². The maximum absolute atomic E-state index is 11.1. The second kappa shape index (κ2) is 4.82. The van der Waals surface area contributed by atoms with E-state index in [4.69, 9.17) is 9.16 Å². The highest BCUT2D eigenvalue weighted by Crippen LogP contribution is 2.36. The first kappa shape index (κ1) is 14.2. The molecule has 0 aromatic carbocycles. The summed E-state index contributed by atoms with van der Waals surface area (Å²) in [6.45, 7) is 15.1. The lowest BCUT2D eigenvalue weighted by molar-refractivity contribution is 0.144. The quantitative estimate of drug-likeness (QED) is 0.622. The Morgan fingerprint density at radius 3 is 2.59 bits per heavy atom. The summed E-state index contributed by atoms with van der Waals surface area (Å²) in [5.74, 6) is 0. The molecule has 0 aliphatic carbocycles. The lowest BCUT2D eigenvalue weighted by atomic mass is 10.2. The number of carbonyl (C=O) groups excluding carboxylic acids is 1. The Balaban J connectivity index is 2.56. The van der Waals surface area contributed by atoms with Gasteiger partial charge in [-0.25, -0.2) is 4.79 Å². The number of ether oxygens (including phenoxy) is 1. The summed E-state index contributed by atoms with van der Waals surface area (Å²) < 4.78 is 11.1. The minimum absolute atomic E-state index is 0.117. The molecule has 1 amide bonds. The van der Waals surface area contributed by atoms with Crippen molar-refractivity contribution in [3.8, 4) is 0 Å². The molecule has 17 heavy (non-hydrogen) atoms. The molecule has 1 saturated heterocycles. The van der Waals surface area contributed by atoms with Crippen LogP contribution in [0.2, 0.25) is 18.1 Å². The van der Waals surface area contributed by atoms with Crippen LogP contribution in [-0.4, -0.2) is 33.2 Å². The third-order valence-electron chi connectivity index (χ3n) is 3.61. The van der Waals surface area contributed by atoms with Gasteiger partial charge in [0, 0.05) is 0 Å². The minimum atomic E-state index is -1.78. The zero-order valence-corrected chi connectivity index (χ0v) is 12.4. The largest absolute Gasteiger partial charge is 0.440 e. The first-order chi connectivity index (χ1) is 7.67. The zero-order chi connectivity index (χ0) is 13.3. The summed E-state index contributed by atoms with van der Waals surface area (Å²) in [7, 11) is -1.78. The fourth-order valence-electron chi connectivity index (χ4n) is 1.34. The molecule has 0 radical (unpaired) electrons. The molecule has 4 nitrogen and oxygen atoms in total. The van der Waals surface area contributed by atoms with E-state index in [-0.39, 0.29) is 17.2 Å². The van der Waals surface area contributed by atoms with Crippen LogP contribution >= 0.6 is 0 Å². The number of carbonyl (C=O) groups is 1. The van der Waals surface area contributed by atoms with Crippen molar-refractivity contribution < 1.29 is 14.0 Å². The number of hydrogen-bond acceptors (Lipinski definition) is 3. The van der Waals surface area contributed by atoms with Gasteiger partial charge in [-0.1, -0.05) is 27.4 Å². The van der Waals surface area contributed by atoms with Gasteiger partial charge in [0.1, 0.15) is 6.10 Å². The van der Waals surface area contributed by atoms with Crippen molar-refractivity contribution in [2.24, 2.45) is 0 Å². The maximum atomic E-state index is 11.1. The van der Waals surface area contributed by atoms with Gasteiger partial charge in [0.05, 0.1) is 12.6 Å². The highest BCUT2D eigenvalue weighted by Gasteiger charge is 2.40. The molecule has 0 aromatic heterocycles. The molecule has 98 valence electrons. The van der Waals surface area contributed by atoms with E-state index in [0.29, 0.717) is 6.61 Å². The van der Waals surface area contributed by atoms with Crippen molar-refractivity contribution >= 4 is 14.4 Å². The van der Waals surface area contributed by atoms with E-state index in [1.807, 2.05) is 0 Å². The average Bonchev–Trinajstić information content (AvgIpc) is 2.54. The van der Waals surface area contributed by atoms with Crippen molar-refractivity contribution in [2.75, 3.05) is 6.61 Å². The summed E-state index contributed by atoms with van der Waals surface area (Å²) in [5.41, 5.74) is 0. The van der Waals surface area contributed by atoms with Gasteiger partial charge in [0.25, 0.3) is 0 Å². The highest BCUT2D eigenvalue weighted by molar-refractivity contribution is 6.74. The Bertz CT molecular complexity index is 309. The summed E-state index contributed by atoms with van der Waals surface area (Å²) in [4.78, 5) is 11.1. The predicted molar refractivity (Wildman–Crippen MR) is 70.5 cm³/mol. The van der Waals surface area contributed by atoms with E-state index in [1.165, 1.54) is 0 Å². The minimum Gasteiger partial charge on any atom is -0.440 e. The SMILES string of the molecule is C=CC1OC(=O)N[C@@H]1CO[Si](C)(C)C(C)(C)C. The Morgan fingerprint density at radius 1 is 1.53 bits per heavy atom. The monoisotopic (exact) mass is 257 g/mol. The van der Waals surface area contributed by atoms with Crippen molar-refractivity contribution in [1.82, 2.24) is 5.32 Å². The fraction of sp³-hybridized carbons (Fsp3) is 0.750. The van der Waals surface area contributed by atoms with Crippen LogP contribution in [0.5, 0.6) is 0 Å². The van der Waals surface area contributed by atoms with Crippen molar-refractivity contribution in [1.29, 1.82) is 0 Å². The summed E-state index contributed by atoms with van der Waals surface area (Å²) in [6, 6.07) is -0.117. The van der Waals surface area contributed by atoms with Gasteiger partial charge in [0.15, 0.2) is 8.32 Å². The van der Waals surface area contributed by atoms with Crippen LogP contribution in [0.1, 0.15) is 20.8 Å². The van der Waals surface area contributed by atoms with Crippen LogP contribution in [0.25, 0.3) is 0 Å². The molecule has 0 aromatic rings. The van der Waals surface area contributed by atoms with Crippen LogP contribution < -0.4 is 5.32 Å². The smallest absolute Gasteiger partial charge is 0.408 e. The zero-order valence-electron chi connectivity index (χ0n) is 11.4. The number of nitrogens with one attached hydrogen (secondary N) is 1. The molecular weight excluding hydrogens is 234 g/mol. The molecule has 1 fully saturated rings. The topological polar surface area (TPSA) is 47.6 Å². The molecule has 1 N–H and O–H groups in total. The van der Waals surface area contributed by atoms with Gasteiger partial charge in [-0.15, -0.1) is 0 Å². The van der Waals surface area contributed by atoms with Gasteiger partial charge in [-0.3, -0.25) is 0 Å². The van der Waals surface area contributed by atoms with Crippen LogP contribution in [-0.2, 0) is 9.16 Å². The average molecular weight is 257 g/mol. The standard InChI is InChI=1S/C12H23NO3Si/c1-7-10-9(13-11(14)16-10)8-15-17(5,6)12(2,3)4/h7,9-10H,1,8H2,2-6H3,(H,13,14)/t9-,10?/m1/s1. The summed E-state index contributed by atoms with van der Waals surface area (Å²) in [5, 5.41) is 2.91. The summed E-state index contributed by atoms with van der Waals surface area (Å²) in [6.07, 6.45) is 0.961. The molecular formula is C12H23NO3Si. The van der Waals surface area contributed by atoms with Crippen molar-refractivity contribution in [3.63, 3.8) is 0 Å². The van der Waals surface area contributed by atoms with E-state index in [9.17, 15) is 4.79 Å². The van der Waals surface area contributed by atoms with Gasteiger partial charge in [-0.05, 0) is 24.2 Å². The second-order valence-electron chi connectivity index (χ2n) is 5.93. The third-order valence-corrected chi connectivity index (χ3v) is 8.11. The van der Waals surface area contributed by atoms with E-state index in [2.05, 4.69) is 45.8 Å². The number of hydrogen-bond donors (Lipinski definition) is 1. The van der Waals surface area contributed by atoms with Gasteiger partial charge in [-0.2, -0.15) is 0 Å². The van der Waals surface area contributed by atoms with Gasteiger partial charge < -0.3 is 14.5 Å². The highest BCUT2D eigenvalue weighted by atomic mass is 28.4. The van der Waals surface area contributed by atoms with Crippen LogP contribution in [0.4, 0.5) is 4.79 Å². The molecule has 1 heterocycles. The van der Waals surface area contributed by atoms with E-state index in [0.717, 1.165) is 0 Å². The van der Waals surface area contributed by atoms with Crippen LogP contribution in [0, 0.1) is 0 Å². The molecule has 1 aliphatic rings. The first-order valence-corrected chi connectivity index (χ1v) is 8.82. The predicted octanol–water partition coefficient (Wildman–Crippen LogP) is 2.67. The molecule has 0 saturated carbocycles. The molecule has 1 rings (SSSR count). The number of rotatable bonds is 4. The molecule has 1 aliphatic heterocycles. The number of cyclic esters (lactones) is 1. The Kier molecular flexibility index (Phi) is 4.04. The Hall–Kier alpha value is -0.813. The van der Waals surface area contributed by atoms with Gasteiger partial charge >= 0.3 is 6.09 Å². The van der Waals surface area contributed by atoms with Crippen LogP contribution in [0.15, 0.2) is 12.7 Å². The Morgan fingerprint density at radius 2 is 2.12 bits per heavy atom. The third kappa shape index (κ3) is 3.32. The van der Waals surface area contributed by atoms with E-state index >= 15 is 0 Å². The van der Waals surface area contributed by atoms with Gasteiger partial charge in [0.2, 0.25) is 0 Å². The normalized spacial score (nSPS) is 25.4. The number of alkyl carbamates (subject to hydrolysis) is 1. The molecule has 0 bridgehead atoms. The lowest BCUT2D eigenvalue weighted by Gasteiger charge is -2.37. The molecule has 2 atom stereocenters. The first-order valence-electron chi connectivity index (χ1n) is 5.91. The number of amides is 1. The molecule has 5 heteroatoms. The Labute approximate surface area is 105 Å². The lowest BCUT2D eigenvalue weighted by Crippen LogP contribution is -2.45. The maximum Gasteiger partial charge on any atom is 0.408 e. The van der Waals surface area contributed by atoms with Crippen molar-refractivity contribution in [3.05, 3.63) is 12.7 Å². The fourth-order valence-corrected chi connectivity index (χ4v) is 2.37. The molecule has 0 spiro atoms. The summed E-state index contributed by atoms with van der Waals surface area (Å²) >= 11 is 0. The van der Waals surface area contributed by atoms with E-state index < -0.39 is 14.4 Å². The van der Waals surface area contributed by atoms with E-state index in [1.54, 1.807) is 6.08 Å². The van der Waals surface area contributed by atoms with Crippen LogP contribution in [0.3, 0.4) is 0 Å².